The second-order valence-corrected chi connectivity index (χ2v) is 5.46. The van der Waals surface area contributed by atoms with E-state index in [4.69, 9.17) is 0 Å². The van der Waals surface area contributed by atoms with E-state index in [-0.39, 0.29) is 11.6 Å². The molecule has 0 saturated heterocycles. The van der Waals surface area contributed by atoms with Crippen molar-refractivity contribution in [3.05, 3.63) is 53.8 Å². The van der Waals surface area contributed by atoms with Crippen LogP contribution >= 0.6 is 0 Å². The molecule has 3 aromatic rings. The first-order valence-electron chi connectivity index (χ1n) is 7.19. The highest BCUT2D eigenvalue weighted by atomic mass is 19.1. The summed E-state index contributed by atoms with van der Waals surface area (Å²) in [6.45, 7) is 0. The van der Waals surface area contributed by atoms with Gasteiger partial charge in [-0.15, -0.1) is 10.2 Å². The van der Waals surface area contributed by atoms with Crippen LogP contribution in [0, 0.1) is 5.82 Å². The summed E-state index contributed by atoms with van der Waals surface area (Å²) in [5.41, 5.74) is 1.76. The number of aromatic hydroxyl groups is 1. The number of nitrogens with one attached hydrogen (secondary N) is 1. The maximum atomic E-state index is 13.4. The molecule has 0 radical (unpaired) electrons. The maximum absolute atomic E-state index is 13.4. The number of amides is 1. The molecule has 0 bridgehead atoms. The number of hydrogen-bond acceptors (Lipinski definition) is 4. The number of nitrogens with zero attached hydrogens (tertiary/aromatic N) is 3. The van der Waals surface area contributed by atoms with Crippen LogP contribution < -0.4 is 4.90 Å². The molecule has 0 fully saturated rings. The summed E-state index contributed by atoms with van der Waals surface area (Å²) in [6, 6.07) is 10.9. The number of fused-ring (bicyclic) bond motifs is 1. The SMILES string of the molecule is CN(C)c1cccc(C(=O)N=Nc2c(O)[nH]c3ccc(F)cc23)c1. The van der Waals surface area contributed by atoms with Crippen LogP contribution in [-0.2, 0) is 0 Å². The molecule has 0 aliphatic heterocycles. The van der Waals surface area contributed by atoms with Crippen molar-refractivity contribution in [2.45, 2.75) is 0 Å². The Morgan fingerprint density at radius 3 is 2.75 bits per heavy atom. The van der Waals surface area contributed by atoms with Crippen LogP contribution in [0.1, 0.15) is 10.4 Å². The number of hydrogen-bond donors (Lipinski definition) is 2. The first-order chi connectivity index (χ1) is 11.5. The monoisotopic (exact) mass is 326 g/mol. The lowest BCUT2D eigenvalue weighted by Crippen LogP contribution is -2.09. The molecule has 3 rings (SSSR count). The molecule has 1 heterocycles. The number of anilines is 1. The summed E-state index contributed by atoms with van der Waals surface area (Å²) in [5, 5.41) is 17.7. The van der Waals surface area contributed by atoms with Crippen LogP contribution in [0.15, 0.2) is 52.7 Å². The molecule has 0 saturated carbocycles. The predicted octanol–water partition coefficient (Wildman–Crippen LogP) is 4.00. The maximum Gasteiger partial charge on any atom is 0.295 e. The average molecular weight is 326 g/mol. The smallest absolute Gasteiger partial charge is 0.295 e. The number of halogens is 1. The Hall–Kier alpha value is -3.22. The molecule has 2 aromatic carbocycles. The number of rotatable bonds is 3. The van der Waals surface area contributed by atoms with Gasteiger partial charge in [-0.2, -0.15) is 0 Å². The molecule has 0 unspecified atom stereocenters. The minimum absolute atomic E-state index is 0.0293. The Labute approximate surface area is 137 Å². The fourth-order valence-corrected chi connectivity index (χ4v) is 2.31. The summed E-state index contributed by atoms with van der Waals surface area (Å²) in [5.74, 6) is -1.29. The number of azo groups is 1. The van der Waals surface area contributed by atoms with E-state index in [2.05, 4.69) is 15.2 Å². The summed E-state index contributed by atoms with van der Waals surface area (Å²) in [6.07, 6.45) is 0. The molecule has 0 aliphatic carbocycles. The van der Waals surface area contributed by atoms with Crippen LogP contribution in [0.25, 0.3) is 10.9 Å². The molecule has 0 spiro atoms. The van der Waals surface area contributed by atoms with E-state index < -0.39 is 11.7 Å². The Morgan fingerprint density at radius 1 is 1.21 bits per heavy atom. The Balaban J connectivity index is 1.93. The van der Waals surface area contributed by atoms with Gasteiger partial charge in [0.15, 0.2) is 5.69 Å². The average Bonchev–Trinajstić information content (AvgIpc) is 2.87. The zero-order chi connectivity index (χ0) is 17.3. The predicted molar refractivity (Wildman–Crippen MR) is 89.5 cm³/mol. The lowest BCUT2D eigenvalue weighted by molar-refractivity contribution is 0.0995. The topological polar surface area (TPSA) is 81.1 Å². The Morgan fingerprint density at radius 2 is 2.00 bits per heavy atom. The van der Waals surface area contributed by atoms with E-state index in [1.165, 1.54) is 18.2 Å². The van der Waals surface area contributed by atoms with E-state index in [1.807, 2.05) is 25.1 Å². The number of aromatic amines is 1. The molecule has 7 heteroatoms. The standard InChI is InChI=1S/C17H15FN4O2/c1-22(2)12-5-3-4-10(8-12)16(23)21-20-15-13-9-11(18)6-7-14(13)19-17(15)24/h3-9,19,24H,1-2H3. The van der Waals surface area contributed by atoms with Gasteiger partial charge in [0.05, 0.1) is 5.52 Å². The zero-order valence-electron chi connectivity index (χ0n) is 13.1. The number of benzene rings is 2. The van der Waals surface area contributed by atoms with E-state index in [0.717, 1.165) is 5.69 Å². The first-order valence-corrected chi connectivity index (χ1v) is 7.19. The van der Waals surface area contributed by atoms with Gasteiger partial charge < -0.3 is 15.0 Å². The number of carbonyl (C=O) groups excluding carboxylic acids is 1. The van der Waals surface area contributed by atoms with Crippen molar-refractivity contribution >= 4 is 28.2 Å². The van der Waals surface area contributed by atoms with Crippen LogP contribution in [0.3, 0.4) is 0 Å². The van der Waals surface area contributed by atoms with Gasteiger partial charge in [0, 0.05) is 30.7 Å². The lowest BCUT2D eigenvalue weighted by atomic mass is 10.2. The van der Waals surface area contributed by atoms with E-state index in [0.29, 0.717) is 16.5 Å². The molecule has 1 aromatic heterocycles. The third kappa shape index (κ3) is 2.96. The van der Waals surface area contributed by atoms with Gasteiger partial charge in [-0.25, -0.2) is 4.39 Å². The highest BCUT2D eigenvalue weighted by Crippen LogP contribution is 2.35. The fourth-order valence-electron chi connectivity index (χ4n) is 2.31. The Kier molecular flexibility index (Phi) is 3.99. The van der Waals surface area contributed by atoms with E-state index >= 15 is 0 Å². The van der Waals surface area contributed by atoms with Crippen LogP contribution in [0.4, 0.5) is 15.8 Å². The van der Waals surface area contributed by atoms with Gasteiger partial charge in [-0.3, -0.25) is 4.79 Å². The minimum Gasteiger partial charge on any atom is -0.493 e. The second kappa shape index (κ2) is 6.11. The van der Waals surface area contributed by atoms with Crippen molar-refractivity contribution in [3.63, 3.8) is 0 Å². The van der Waals surface area contributed by atoms with Crippen LogP contribution in [0.5, 0.6) is 5.88 Å². The normalized spacial score (nSPS) is 11.3. The first kappa shape index (κ1) is 15.7. The van der Waals surface area contributed by atoms with E-state index in [9.17, 15) is 14.3 Å². The third-order valence-electron chi connectivity index (χ3n) is 3.56. The zero-order valence-corrected chi connectivity index (χ0v) is 13.1. The van der Waals surface area contributed by atoms with Crippen molar-refractivity contribution in [1.82, 2.24) is 4.98 Å². The summed E-state index contributed by atoms with van der Waals surface area (Å²) in [4.78, 5) is 16.7. The number of H-pyrrole nitrogens is 1. The third-order valence-corrected chi connectivity index (χ3v) is 3.56. The largest absolute Gasteiger partial charge is 0.493 e. The number of aromatic nitrogens is 1. The summed E-state index contributed by atoms with van der Waals surface area (Å²) >= 11 is 0. The second-order valence-electron chi connectivity index (χ2n) is 5.46. The molecule has 0 atom stereocenters. The van der Waals surface area contributed by atoms with Gasteiger partial charge >= 0.3 is 0 Å². The highest BCUT2D eigenvalue weighted by Gasteiger charge is 2.12. The molecular weight excluding hydrogens is 311 g/mol. The number of carbonyl (C=O) groups is 1. The van der Waals surface area contributed by atoms with Crippen molar-refractivity contribution in [1.29, 1.82) is 0 Å². The highest BCUT2D eigenvalue weighted by molar-refractivity contribution is 5.97. The van der Waals surface area contributed by atoms with E-state index in [1.54, 1.807) is 18.2 Å². The summed E-state index contributed by atoms with van der Waals surface area (Å²) < 4.78 is 13.4. The molecule has 24 heavy (non-hydrogen) atoms. The fraction of sp³-hybridized carbons (Fsp3) is 0.118. The van der Waals surface area contributed by atoms with Crippen molar-refractivity contribution in [2.75, 3.05) is 19.0 Å². The lowest BCUT2D eigenvalue weighted by Gasteiger charge is -2.12. The summed E-state index contributed by atoms with van der Waals surface area (Å²) in [7, 11) is 3.73. The molecule has 0 aliphatic rings. The molecule has 122 valence electrons. The van der Waals surface area contributed by atoms with Crippen molar-refractivity contribution < 1.29 is 14.3 Å². The quantitative estimate of drug-likeness (QED) is 0.714. The Bertz CT molecular complexity index is 947. The van der Waals surface area contributed by atoms with Gasteiger partial charge in [-0.05, 0) is 36.4 Å². The van der Waals surface area contributed by atoms with Crippen LogP contribution in [0.2, 0.25) is 0 Å². The van der Waals surface area contributed by atoms with Gasteiger partial charge in [0.1, 0.15) is 5.82 Å². The van der Waals surface area contributed by atoms with Gasteiger partial charge in [0.2, 0.25) is 5.88 Å². The minimum atomic E-state index is -0.552. The van der Waals surface area contributed by atoms with Crippen LogP contribution in [-0.4, -0.2) is 30.1 Å². The van der Waals surface area contributed by atoms with Gasteiger partial charge in [-0.1, -0.05) is 6.07 Å². The van der Waals surface area contributed by atoms with Crippen molar-refractivity contribution in [3.8, 4) is 5.88 Å². The van der Waals surface area contributed by atoms with Crippen molar-refractivity contribution in [2.24, 2.45) is 10.2 Å². The molecule has 1 amide bonds. The molecular formula is C17H15FN4O2. The molecule has 6 nitrogen and oxygen atoms in total. The van der Waals surface area contributed by atoms with Gasteiger partial charge in [0.25, 0.3) is 5.91 Å². The molecule has 2 N–H and O–H groups in total.